The molecule has 1 aliphatic heterocycles. The third-order valence-corrected chi connectivity index (χ3v) is 4.83. The van der Waals surface area contributed by atoms with E-state index in [0.717, 1.165) is 23.4 Å². The standard InChI is InChI=1S/C16H16ClN3OS/c17-11-4-5-15-13(9-11)14(6-8-22-15)20-16(21)19-10-12-3-1-2-7-18-12/h1-5,7,9,14H,6,8,10H2,(H2,19,20,21)/t14-/m1/s1. The molecule has 3 rings (SSSR count). The van der Waals surface area contributed by atoms with Gasteiger partial charge in [0, 0.05) is 21.9 Å². The zero-order chi connectivity index (χ0) is 15.4. The first-order chi connectivity index (χ1) is 10.7. The SMILES string of the molecule is O=C(NCc1ccccn1)N[C@@H]1CCSc2ccc(Cl)cc21. The molecule has 0 radical (unpaired) electrons. The summed E-state index contributed by atoms with van der Waals surface area (Å²) in [4.78, 5) is 17.5. The Morgan fingerprint density at radius 2 is 2.27 bits per heavy atom. The summed E-state index contributed by atoms with van der Waals surface area (Å²) in [6, 6.07) is 11.3. The fourth-order valence-electron chi connectivity index (χ4n) is 2.40. The fraction of sp³-hybridized carbons (Fsp3) is 0.250. The van der Waals surface area contributed by atoms with Crippen LogP contribution in [0.3, 0.4) is 0 Å². The molecule has 2 amide bonds. The van der Waals surface area contributed by atoms with Gasteiger partial charge < -0.3 is 10.6 Å². The van der Waals surface area contributed by atoms with E-state index in [1.807, 2.05) is 36.4 Å². The van der Waals surface area contributed by atoms with Gasteiger partial charge in [0.25, 0.3) is 0 Å². The van der Waals surface area contributed by atoms with E-state index in [1.165, 1.54) is 4.90 Å². The predicted molar refractivity (Wildman–Crippen MR) is 89.1 cm³/mol. The number of fused-ring (bicyclic) bond motifs is 1. The van der Waals surface area contributed by atoms with Gasteiger partial charge in [0.2, 0.25) is 0 Å². The van der Waals surface area contributed by atoms with Crippen LogP contribution in [0.5, 0.6) is 0 Å². The maximum Gasteiger partial charge on any atom is 0.315 e. The van der Waals surface area contributed by atoms with E-state index in [9.17, 15) is 4.79 Å². The number of aromatic nitrogens is 1. The molecule has 0 fully saturated rings. The summed E-state index contributed by atoms with van der Waals surface area (Å²) in [5.41, 5.74) is 1.93. The summed E-state index contributed by atoms with van der Waals surface area (Å²) in [7, 11) is 0. The van der Waals surface area contributed by atoms with E-state index >= 15 is 0 Å². The van der Waals surface area contributed by atoms with E-state index in [4.69, 9.17) is 11.6 Å². The normalized spacial score (nSPS) is 16.7. The Morgan fingerprint density at radius 1 is 1.36 bits per heavy atom. The minimum atomic E-state index is -0.187. The zero-order valence-corrected chi connectivity index (χ0v) is 13.5. The Hall–Kier alpha value is -1.72. The zero-order valence-electron chi connectivity index (χ0n) is 11.9. The second kappa shape index (κ2) is 7.03. The van der Waals surface area contributed by atoms with Gasteiger partial charge >= 0.3 is 6.03 Å². The summed E-state index contributed by atoms with van der Waals surface area (Å²) < 4.78 is 0. The molecule has 0 spiro atoms. The summed E-state index contributed by atoms with van der Waals surface area (Å²) in [5.74, 6) is 0.986. The van der Waals surface area contributed by atoms with Gasteiger partial charge in [-0.2, -0.15) is 0 Å². The van der Waals surface area contributed by atoms with Crippen molar-refractivity contribution in [3.05, 3.63) is 58.9 Å². The van der Waals surface area contributed by atoms with Crippen LogP contribution in [0.25, 0.3) is 0 Å². The number of hydrogen-bond acceptors (Lipinski definition) is 3. The van der Waals surface area contributed by atoms with Crippen molar-refractivity contribution in [3.63, 3.8) is 0 Å². The van der Waals surface area contributed by atoms with Crippen molar-refractivity contribution in [1.82, 2.24) is 15.6 Å². The average Bonchev–Trinajstić information content (AvgIpc) is 2.54. The second-order valence-corrected chi connectivity index (χ2v) is 6.59. The maximum absolute atomic E-state index is 12.1. The van der Waals surface area contributed by atoms with E-state index < -0.39 is 0 Å². The number of amides is 2. The lowest BCUT2D eigenvalue weighted by molar-refractivity contribution is 0.236. The molecule has 2 N–H and O–H groups in total. The first-order valence-corrected chi connectivity index (χ1v) is 8.45. The van der Waals surface area contributed by atoms with E-state index in [0.29, 0.717) is 11.6 Å². The number of thioether (sulfide) groups is 1. The minimum absolute atomic E-state index is 0.00122. The van der Waals surface area contributed by atoms with Gasteiger partial charge in [-0.05, 0) is 42.3 Å². The molecule has 1 aromatic heterocycles. The van der Waals surface area contributed by atoms with Gasteiger partial charge in [-0.1, -0.05) is 17.7 Å². The van der Waals surface area contributed by atoms with Crippen molar-refractivity contribution in [3.8, 4) is 0 Å². The number of nitrogens with one attached hydrogen (secondary N) is 2. The summed E-state index contributed by atoms with van der Waals surface area (Å²) in [6.07, 6.45) is 2.61. The van der Waals surface area contributed by atoms with Crippen LogP contribution >= 0.6 is 23.4 Å². The molecule has 6 heteroatoms. The first kappa shape index (κ1) is 15.2. The maximum atomic E-state index is 12.1. The van der Waals surface area contributed by atoms with Gasteiger partial charge in [-0.15, -0.1) is 11.8 Å². The molecule has 0 unspecified atom stereocenters. The lowest BCUT2D eigenvalue weighted by Crippen LogP contribution is -2.38. The molecule has 1 aromatic carbocycles. The Morgan fingerprint density at radius 3 is 3.09 bits per heavy atom. The van der Waals surface area contributed by atoms with Crippen LogP contribution in [0.1, 0.15) is 23.7 Å². The first-order valence-electron chi connectivity index (χ1n) is 7.09. The number of carbonyl (C=O) groups is 1. The summed E-state index contributed by atoms with van der Waals surface area (Å²) in [5, 5.41) is 6.56. The summed E-state index contributed by atoms with van der Waals surface area (Å²) in [6.45, 7) is 0.413. The lowest BCUT2D eigenvalue weighted by atomic mass is 10.0. The number of urea groups is 1. The third-order valence-electron chi connectivity index (χ3n) is 3.47. The monoisotopic (exact) mass is 333 g/mol. The smallest absolute Gasteiger partial charge is 0.315 e. The molecule has 0 saturated carbocycles. The van der Waals surface area contributed by atoms with E-state index in [-0.39, 0.29) is 12.1 Å². The quantitative estimate of drug-likeness (QED) is 0.899. The number of nitrogens with zero attached hydrogens (tertiary/aromatic N) is 1. The highest BCUT2D eigenvalue weighted by Gasteiger charge is 2.22. The van der Waals surface area contributed by atoms with Crippen LogP contribution < -0.4 is 10.6 Å². The molecule has 0 saturated heterocycles. The number of hydrogen-bond donors (Lipinski definition) is 2. The second-order valence-electron chi connectivity index (χ2n) is 5.02. The molecule has 1 atom stereocenters. The highest BCUT2D eigenvalue weighted by molar-refractivity contribution is 7.99. The van der Waals surface area contributed by atoms with Crippen molar-refractivity contribution in [2.24, 2.45) is 0 Å². The third kappa shape index (κ3) is 3.72. The topological polar surface area (TPSA) is 54.0 Å². The predicted octanol–water partition coefficient (Wildman–Crippen LogP) is 3.77. The van der Waals surface area contributed by atoms with Crippen LogP contribution in [-0.4, -0.2) is 16.8 Å². The molecule has 114 valence electrons. The fourth-order valence-corrected chi connectivity index (χ4v) is 3.68. The largest absolute Gasteiger partial charge is 0.332 e. The summed E-state index contributed by atoms with van der Waals surface area (Å²) >= 11 is 7.87. The Balaban J connectivity index is 1.62. The van der Waals surface area contributed by atoms with Crippen LogP contribution in [0, 0.1) is 0 Å². The molecular weight excluding hydrogens is 318 g/mol. The van der Waals surface area contributed by atoms with Crippen molar-refractivity contribution in [1.29, 1.82) is 0 Å². The molecule has 2 heterocycles. The number of pyridine rings is 1. The Kier molecular flexibility index (Phi) is 4.85. The van der Waals surface area contributed by atoms with Gasteiger partial charge in [0.15, 0.2) is 0 Å². The van der Waals surface area contributed by atoms with Crippen LogP contribution in [0.2, 0.25) is 5.02 Å². The van der Waals surface area contributed by atoms with Gasteiger partial charge in [0.1, 0.15) is 0 Å². The van der Waals surface area contributed by atoms with Crippen molar-refractivity contribution < 1.29 is 4.79 Å². The number of rotatable bonds is 3. The number of halogens is 1. The van der Waals surface area contributed by atoms with Crippen LogP contribution in [-0.2, 0) is 6.54 Å². The Bertz CT molecular complexity index is 666. The van der Waals surface area contributed by atoms with Crippen LogP contribution in [0.4, 0.5) is 4.79 Å². The number of carbonyl (C=O) groups excluding carboxylic acids is 1. The van der Waals surface area contributed by atoms with E-state index in [1.54, 1.807) is 18.0 Å². The Labute approximate surface area is 138 Å². The molecule has 22 heavy (non-hydrogen) atoms. The molecule has 1 aliphatic rings. The molecule has 0 aliphatic carbocycles. The molecule has 0 bridgehead atoms. The number of benzene rings is 1. The minimum Gasteiger partial charge on any atom is -0.332 e. The van der Waals surface area contributed by atoms with Crippen molar-refractivity contribution in [2.45, 2.75) is 23.9 Å². The van der Waals surface area contributed by atoms with E-state index in [2.05, 4.69) is 15.6 Å². The molecule has 4 nitrogen and oxygen atoms in total. The lowest BCUT2D eigenvalue weighted by Gasteiger charge is -2.26. The van der Waals surface area contributed by atoms with Gasteiger partial charge in [-0.25, -0.2) is 4.79 Å². The molecular formula is C16H16ClN3OS. The van der Waals surface area contributed by atoms with Gasteiger partial charge in [0.05, 0.1) is 18.3 Å². The van der Waals surface area contributed by atoms with Crippen molar-refractivity contribution in [2.75, 3.05) is 5.75 Å². The highest BCUT2D eigenvalue weighted by atomic mass is 35.5. The average molecular weight is 334 g/mol. The molecule has 2 aromatic rings. The van der Waals surface area contributed by atoms with Crippen LogP contribution in [0.15, 0.2) is 47.5 Å². The highest BCUT2D eigenvalue weighted by Crippen LogP contribution is 2.37. The van der Waals surface area contributed by atoms with Gasteiger partial charge in [-0.3, -0.25) is 4.98 Å². The van der Waals surface area contributed by atoms with Crippen molar-refractivity contribution >= 4 is 29.4 Å².